The molecule has 2 aliphatic carbocycles. The van der Waals surface area contributed by atoms with Gasteiger partial charge in [0.2, 0.25) is 11.8 Å². The zero-order valence-electron chi connectivity index (χ0n) is 18.4. The van der Waals surface area contributed by atoms with Crippen molar-refractivity contribution in [2.75, 3.05) is 11.5 Å². The summed E-state index contributed by atoms with van der Waals surface area (Å²) in [6.45, 7) is 4.07. The van der Waals surface area contributed by atoms with E-state index in [0.717, 1.165) is 17.7 Å². The fourth-order valence-corrected chi connectivity index (χ4v) is 6.30. The lowest BCUT2D eigenvalue weighted by Gasteiger charge is -2.29. The molecule has 7 heteroatoms. The molecule has 6 atom stereocenters. The number of benzene rings is 2. The third kappa shape index (κ3) is 2.81. The van der Waals surface area contributed by atoms with E-state index in [4.69, 9.17) is 9.57 Å². The average molecular weight is 444 g/mol. The summed E-state index contributed by atoms with van der Waals surface area (Å²) in [5, 5.41) is 4.39. The maximum atomic E-state index is 13.5. The molecule has 2 aromatic carbocycles. The van der Waals surface area contributed by atoms with Crippen LogP contribution in [0.1, 0.15) is 34.8 Å². The molecule has 0 N–H and O–H groups in total. The van der Waals surface area contributed by atoms with Gasteiger partial charge in [-0.2, -0.15) is 0 Å². The van der Waals surface area contributed by atoms with E-state index in [9.17, 15) is 14.4 Å². The second-order valence-corrected chi connectivity index (χ2v) is 9.33. The highest BCUT2D eigenvalue weighted by Gasteiger charge is 2.70. The van der Waals surface area contributed by atoms with Crippen molar-refractivity contribution in [1.82, 2.24) is 0 Å². The monoisotopic (exact) mass is 444 g/mol. The first-order chi connectivity index (χ1) is 16.0. The molecule has 1 saturated heterocycles. The summed E-state index contributed by atoms with van der Waals surface area (Å²) >= 11 is 0. The molecule has 2 bridgehead atoms. The summed E-state index contributed by atoms with van der Waals surface area (Å²) in [5.41, 5.74) is 3.96. The van der Waals surface area contributed by atoms with Gasteiger partial charge in [-0.15, -0.1) is 0 Å². The average Bonchev–Trinajstić information content (AvgIpc) is 3.55. The van der Waals surface area contributed by atoms with Crippen LogP contribution in [0.4, 0.5) is 5.69 Å². The predicted octanol–water partition coefficient (Wildman–Crippen LogP) is 3.35. The van der Waals surface area contributed by atoms with Crippen molar-refractivity contribution < 1.29 is 24.0 Å². The number of rotatable bonds is 4. The number of imide groups is 1. The second kappa shape index (κ2) is 7.27. The molecule has 0 unspecified atom stereocenters. The number of hydrogen-bond acceptors (Lipinski definition) is 6. The van der Waals surface area contributed by atoms with E-state index in [2.05, 4.69) is 5.16 Å². The van der Waals surface area contributed by atoms with Gasteiger partial charge in [-0.3, -0.25) is 14.5 Å². The molecular weight excluding hydrogens is 420 g/mol. The van der Waals surface area contributed by atoms with Gasteiger partial charge in [-0.25, -0.2) is 4.79 Å². The molecule has 0 aromatic heterocycles. The Kier molecular flexibility index (Phi) is 4.44. The summed E-state index contributed by atoms with van der Waals surface area (Å²) in [6, 6.07) is 14.7. The first-order valence-electron chi connectivity index (χ1n) is 11.5. The van der Waals surface area contributed by atoms with Crippen molar-refractivity contribution in [3.63, 3.8) is 0 Å². The molecule has 7 nitrogen and oxygen atoms in total. The van der Waals surface area contributed by atoms with Gasteiger partial charge in [-0.05, 0) is 56.0 Å². The Morgan fingerprint density at radius 2 is 1.67 bits per heavy atom. The molecule has 6 rings (SSSR count). The van der Waals surface area contributed by atoms with Crippen molar-refractivity contribution in [3.8, 4) is 0 Å². The van der Waals surface area contributed by atoms with Gasteiger partial charge in [0.1, 0.15) is 6.10 Å². The van der Waals surface area contributed by atoms with Gasteiger partial charge in [0.05, 0.1) is 35.4 Å². The Balaban J connectivity index is 1.28. The molecule has 0 radical (unpaired) electrons. The van der Waals surface area contributed by atoms with Gasteiger partial charge in [0.15, 0.2) is 0 Å². The molecule has 168 valence electrons. The Morgan fingerprint density at radius 3 is 2.33 bits per heavy atom. The number of carbonyl (C=O) groups excluding carboxylic acids is 3. The van der Waals surface area contributed by atoms with Crippen molar-refractivity contribution in [3.05, 3.63) is 65.2 Å². The van der Waals surface area contributed by atoms with Crippen molar-refractivity contribution >= 4 is 29.2 Å². The number of ether oxygens (including phenoxy) is 1. The van der Waals surface area contributed by atoms with Crippen molar-refractivity contribution in [2.45, 2.75) is 26.4 Å². The standard InChI is InChI=1S/C26H24N2O5/c1-3-32-26(31)15-8-10-16(11-9-15)28-24(29)19-17-12-18(20(19)25(28)30)23-21(17)22(27-33-23)14-6-4-13(2)5-7-14/h4-11,17-21,23H,3,12H2,1-2H3/t17-,18-,19+,20-,21-,23+/m0/s1. The third-order valence-corrected chi connectivity index (χ3v) is 7.67. The van der Waals surface area contributed by atoms with Crippen LogP contribution in [0.2, 0.25) is 0 Å². The summed E-state index contributed by atoms with van der Waals surface area (Å²) in [6.07, 6.45) is 0.651. The number of oxime groups is 1. The summed E-state index contributed by atoms with van der Waals surface area (Å²) in [4.78, 5) is 46.0. The summed E-state index contributed by atoms with van der Waals surface area (Å²) in [7, 11) is 0. The molecule has 2 heterocycles. The fourth-order valence-electron chi connectivity index (χ4n) is 6.30. The molecule has 33 heavy (non-hydrogen) atoms. The minimum atomic E-state index is -0.425. The van der Waals surface area contributed by atoms with Crippen LogP contribution in [0.3, 0.4) is 0 Å². The van der Waals surface area contributed by atoms with Gasteiger partial charge < -0.3 is 9.57 Å². The quantitative estimate of drug-likeness (QED) is 0.533. The number of hydrogen-bond donors (Lipinski definition) is 0. The number of anilines is 1. The largest absolute Gasteiger partial charge is 0.462 e. The maximum absolute atomic E-state index is 13.5. The van der Waals surface area contributed by atoms with E-state index >= 15 is 0 Å². The Labute approximate surface area is 191 Å². The number of amides is 2. The Bertz CT molecular complexity index is 1190. The SMILES string of the molecule is CCOC(=O)c1ccc(N2C(=O)[C@@H]3[C@@H]4C[C@H]([C@H]5ON=C(c6ccc(C)cc6)[C@H]45)[C@@H]3C2=O)cc1. The molecular formula is C26H24N2O5. The van der Waals surface area contributed by atoms with E-state index in [1.165, 1.54) is 10.5 Å². The Morgan fingerprint density at radius 1 is 1.00 bits per heavy atom. The van der Waals surface area contributed by atoms with Crippen LogP contribution in [0.5, 0.6) is 0 Å². The minimum absolute atomic E-state index is 0.0167. The highest BCUT2D eigenvalue weighted by Crippen LogP contribution is 2.62. The van der Waals surface area contributed by atoms with Crippen LogP contribution in [0.25, 0.3) is 0 Å². The molecule has 2 aromatic rings. The topological polar surface area (TPSA) is 85.3 Å². The summed E-state index contributed by atoms with van der Waals surface area (Å²) in [5.74, 6) is -1.44. The molecule has 2 aliphatic heterocycles. The first-order valence-corrected chi connectivity index (χ1v) is 11.5. The normalized spacial score (nSPS) is 31.3. The van der Waals surface area contributed by atoms with Crippen LogP contribution in [-0.2, 0) is 19.2 Å². The van der Waals surface area contributed by atoms with E-state index in [1.54, 1.807) is 31.2 Å². The molecule has 3 fully saturated rings. The Hall–Kier alpha value is -3.48. The molecule has 2 amide bonds. The summed E-state index contributed by atoms with van der Waals surface area (Å²) < 4.78 is 5.02. The molecule has 2 saturated carbocycles. The lowest BCUT2D eigenvalue weighted by atomic mass is 9.71. The van der Waals surface area contributed by atoms with Crippen LogP contribution in [0, 0.1) is 36.5 Å². The van der Waals surface area contributed by atoms with Crippen LogP contribution in [-0.4, -0.2) is 36.2 Å². The van der Waals surface area contributed by atoms with Crippen LogP contribution < -0.4 is 4.90 Å². The molecule has 4 aliphatic rings. The number of aryl methyl sites for hydroxylation is 1. The second-order valence-electron chi connectivity index (χ2n) is 9.33. The van der Waals surface area contributed by atoms with E-state index in [0.29, 0.717) is 11.3 Å². The lowest BCUT2D eigenvalue weighted by Crippen LogP contribution is -2.41. The van der Waals surface area contributed by atoms with Gasteiger partial charge >= 0.3 is 5.97 Å². The van der Waals surface area contributed by atoms with Gasteiger partial charge in [0.25, 0.3) is 0 Å². The number of nitrogens with zero attached hydrogens (tertiary/aromatic N) is 2. The highest BCUT2D eigenvalue weighted by atomic mass is 16.6. The zero-order chi connectivity index (χ0) is 22.9. The first kappa shape index (κ1) is 20.1. The van der Waals surface area contributed by atoms with Gasteiger partial charge in [0, 0.05) is 11.8 Å². The maximum Gasteiger partial charge on any atom is 0.338 e. The van der Waals surface area contributed by atoms with Gasteiger partial charge in [-0.1, -0.05) is 35.0 Å². The lowest BCUT2D eigenvalue weighted by molar-refractivity contribution is -0.125. The third-order valence-electron chi connectivity index (χ3n) is 7.67. The fraction of sp³-hybridized carbons (Fsp3) is 0.385. The van der Waals surface area contributed by atoms with Crippen molar-refractivity contribution in [1.29, 1.82) is 0 Å². The number of esters is 1. The van der Waals surface area contributed by atoms with E-state index in [-0.39, 0.29) is 54.1 Å². The predicted molar refractivity (Wildman–Crippen MR) is 120 cm³/mol. The smallest absolute Gasteiger partial charge is 0.338 e. The number of carbonyl (C=O) groups is 3. The minimum Gasteiger partial charge on any atom is -0.462 e. The van der Waals surface area contributed by atoms with E-state index < -0.39 is 5.97 Å². The zero-order valence-corrected chi connectivity index (χ0v) is 18.4. The number of fused-ring (bicyclic) bond motifs is 8. The van der Waals surface area contributed by atoms with Crippen LogP contribution in [0.15, 0.2) is 53.7 Å². The van der Waals surface area contributed by atoms with Crippen LogP contribution >= 0.6 is 0 Å². The highest BCUT2D eigenvalue weighted by molar-refractivity contribution is 6.23. The van der Waals surface area contributed by atoms with E-state index in [1.807, 2.05) is 31.2 Å². The van der Waals surface area contributed by atoms with Crippen molar-refractivity contribution in [2.24, 2.45) is 34.7 Å². The molecule has 0 spiro atoms.